The number of aromatic amines is 1. The summed E-state index contributed by atoms with van der Waals surface area (Å²) < 4.78 is 5.42. The van der Waals surface area contributed by atoms with Crippen LogP contribution in [0.2, 0.25) is 10.0 Å². The van der Waals surface area contributed by atoms with Gasteiger partial charge in [-0.15, -0.1) is 0 Å². The van der Waals surface area contributed by atoms with E-state index in [1.807, 2.05) is 17.0 Å². The summed E-state index contributed by atoms with van der Waals surface area (Å²) in [5.74, 6) is 0.511. The molecule has 3 heterocycles. The third-order valence-corrected chi connectivity index (χ3v) is 6.27. The van der Waals surface area contributed by atoms with Gasteiger partial charge in [0.25, 0.3) is 5.56 Å². The zero-order valence-corrected chi connectivity index (χ0v) is 18.3. The molecular formula is C23H18Cl2N4O3. The number of H-pyrrole nitrogens is 1. The lowest BCUT2D eigenvalue weighted by Gasteiger charge is -2.27. The zero-order valence-electron chi connectivity index (χ0n) is 16.8. The van der Waals surface area contributed by atoms with E-state index in [9.17, 15) is 9.59 Å². The van der Waals surface area contributed by atoms with E-state index in [4.69, 9.17) is 33.4 Å². The molecule has 0 radical (unpaired) electrons. The van der Waals surface area contributed by atoms with Crippen molar-refractivity contribution in [2.24, 2.45) is 0 Å². The van der Waals surface area contributed by atoms with E-state index >= 15 is 0 Å². The molecule has 3 N–H and O–H groups in total. The second-order valence-electron chi connectivity index (χ2n) is 7.74. The fraction of sp³-hybridized carbons (Fsp3) is 0.174. The minimum atomic E-state index is -0.499. The van der Waals surface area contributed by atoms with Gasteiger partial charge in [-0.05, 0) is 42.5 Å². The normalized spacial score (nSPS) is 13.9. The number of aromatic nitrogens is 2. The first-order valence-corrected chi connectivity index (χ1v) is 10.8. The van der Waals surface area contributed by atoms with Crippen molar-refractivity contribution < 1.29 is 4.42 Å². The fourth-order valence-electron chi connectivity index (χ4n) is 3.93. The molecule has 1 aliphatic rings. The highest BCUT2D eigenvalue weighted by atomic mass is 35.5. The smallest absolute Gasteiger partial charge is 0.342 e. The molecule has 4 aromatic rings. The number of hydrogen-bond acceptors (Lipinski definition) is 6. The molecule has 0 amide bonds. The Hall–Kier alpha value is -3.13. The molecule has 0 saturated carbocycles. The molecule has 2 aromatic heterocycles. The molecule has 2 aromatic carbocycles. The van der Waals surface area contributed by atoms with Crippen LogP contribution in [0.5, 0.6) is 0 Å². The molecule has 5 rings (SSSR count). The first kappa shape index (κ1) is 20.8. The maximum atomic E-state index is 12.8. The van der Waals surface area contributed by atoms with Crippen molar-refractivity contribution in [2.45, 2.75) is 19.5 Å². The van der Waals surface area contributed by atoms with Crippen LogP contribution in [0, 0.1) is 0 Å². The Morgan fingerprint density at radius 2 is 1.91 bits per heavy atom. The third kappa shape index (κ3) is 3.79. The maximum absolute atomic E-state index is 12.8. The Morgan fingerprint density at radius 3 is 2.69 bits per heavy atom. The van der Waals surface area contributed by atoms with Crippen LogP contribution in [0.3, 0.4) is 0 Å². The standard InChI is InChI=1S/C23H18Cl2N4O3/c24-13-3-6-19-15(9-13)20(25)17(23(31)32-19)11-29-8-7-18-16(10-29)22(30)28-21(27-18)12-1-4-14(26)5-2-12/h1-6,9H,7-8,10-11,26H2,(H,27,28,30). The molecule has 0 bridgehead atoms. The Balaban J connectivity index is 1.45. The number of benzene rings is 2. The van der Waals surface area contributed by atoms with Gasteiger partial charge in [0.05, 0.1) is 21.8 Å². The van der Waals surface area contributed by atoms with E-state index in [0.29, 0.717) is 63.2 Å². The lowest BCUT2D eigenvalue weighted by atomic mass is 10.1. The first-order valence-electron chi connectivity index (χ1n) is 10.00. The number of anilines is 1. The van der Waals surface area contributed by atoms with Crippen molar-refractivity contribution in [3.63, 3.8) is 0 Å². The first-order chi connectivity index (χ1) is 15.4. The van der Waals surface area contributed by atoms with Gasteiger partial charge in [0, 0.05) is 47.7 Å². The quantitative estimate of drug-likeness (QED) is 0.347. The number of nitrogens with zero attached hydrogens (tertiary/aromatic N) is 2. The number of fused-ring (bicyclic) bond motifs is 2. The lowest BCUT2D eigenvalue weighted by molar-refractivity contribution is 0.239. The summed E-state index contributed by atoms with van der Waals surface area (Å²) in [5, 5.41) is 1.40. The molecule has 0 unspecified atom stereocenters. The SMILES string of the molecule is Nc1ccc(-c2nc3c(c(=O)[nH]2)CN(Cc2c(Cl)c4cc(Cl)ccc4oc2=O)CC3)cc1. The molecule has 1 aliphatic heterocycles. The van der Waals surface area contributed by atoms with Crippen LogP contribution in [-0.4, -0.2) is 21.4 Å². The van der Waals surface area contributed by atoms with Crippen molar-refractivity contribution in [1.82, 2.24) is 14.9 Å². The largest absolute Gasteiger partial charge is 0.422 e. The van der Waals surface area contributed by atoms with Gasteiger partial charge in [-0.3, -0.25) is 9.69 Å². The van der Waals surface area contributed by atoms with Crippen LogP contribution in [0.25, 0.3) is 22.4 Å². The van der Waals surface area contributed by atoms with Crippen LogP contribution in [-0.2, 0) is 19.5 Å². The number of hydrogen-bond donors (Lipinski definition) is 2. The fourth-order valence-corrected chi connectivity index (χ4v) is 4.38. The topological polar surface area (TPSA) is 105 Å². The van der Waals surface area contributed by atoms with Crippen LogP contribution >= 0.6 is 23.2 Å². The van der Waals surface area contributed by atoms with Gasteiger partial charge in [0.2, 0.25) is 0 Å². The van der Waals surface area contributed by atoms with Gasteiger partial charge in [0.1, 0.15) is 11.4 Å². The van der Waals surface area contributed by atoms with Gasteiger partial charge in [-0.1, -0.05) is 23.2 Å². The third-order valence-electron chi connectivity index (χ3n) is 5.61. The summed E-state index contributed by atoms with van der Waals surface area (Å²) in [7, 11) is 0. The Labute approximate surface area is 192 Å². The number of nitrogen functional groups attached to an aromatic ring is 1. The van der Waals surface area contributed by atoms with E-state index in [2.05, 4.69) is 9.97 Å². The number of nitrogens with one attached hydrogen (secondary N) is 1. The highest BCUT2D eigenvalue weighted by Gasteiger charge is 2.24. The van der Waals surface area contributed by atoms with Crippen LogP contribution in [0.1, 0.15) is 16.8 Å². The van der Waals surface area contributed by atoms with E-state index in [1.54, 1.807) is 30.3 Å². The molecular weight excluding hydrogens is 451 g/mol. The van der Waals surface area contributed by atoms with Crippen LogP contribution < -0.4 is 16.9 Å². The zero-order chi connectivity index (χ0) is 22.4. The Bertz CT molecular complexity index is 1460. The van der Waals surface area contributed by atoms with E-state index in [1.165, 1.54) is 0 Å². The summed E-state index contributed by atoms with van der Waals surface area (Å²) in [5.41, 5.74) is 8.53. The average molecular weight is 469 g/mol. The Morgan fingerprint density at radius 1 is 1.12 bits per heavy atom. The van der Waals surface area contributed by atoms with Gasteiger partial charge in [0.15, 0.2) is 0 Å². The lowest BCUT2D eigenvalue weighted by Crippen LogP contribution is -2.36. The maximum Gasteiger partial charge on any atom is 0.342 e. The van der Waals surface area contributed by atoms with Gasteiger partial charge >= 0.3 is 5.63 Å². The van der Waals surface area contributed by atoms with E-state index < -0.39 is 5.63 Å². The summed E-state index contributed by atoms with van der Waals surface area (Å²) >= 11 is 12.6. The highest BCUT2D eigenvalue weighted by molar-refractivity contribution is 6.37. The number of rotatable bonds is 3. The summed E-state index contributed by atoms with van der Waals surface area (Å²) in [6.07, 6.45) is 0.573. The summed E-state index contributed by atoms with van der Waals surface area (Å²) in [6, 6.07) is 12.1. The highest BCUT2D eigenvalue weighted by Crippen LogP contribution is 2.29. The van der Waals surface area contributed by atoms with Crippen LogP contribution in [0.15, 0.2) is 56.5 Å². The van der Waals surface area contributed by atoms with Crippen molar-refractivity contribution in [3.8, 4) is 11.4 Å². The van der Waals surface area contributed by atoms with E-state index in [0.717, 1.165) is 11.3 Å². The van der Waals surface area contributed by atoms with E-state index in [-0.39, 0.29) is 12.1 Å². The molecule has 0 saturated heterocycles. The number of halogens is 2. The minimum absolute atomic E-state index is 0.199. The predicted octanol–water partition coefficient (Wildman–Crippen LogP) is 3.99. The van der Waals surface area contributed by atoms with Crippen molar-refractivity contribution in [1.29, 1.82) is 0 Å². The molecule has 0 aliphatic carbocycles. The predicted molar refractivity (Wildman–Crippen MR) is 125 cm³/mol. The van der Waals surface area contributed by atoms with Gasteiger partial charge in [-0.25, -0.2) is 9.78 Å². The Kier molecular flexibility index (Phi) is 5.25. The molecule has 32 heavy (non-hydrogen) atoms. The molecule has 0 fully saturated rings. The molecule has 9 heteroatoms. The van der Waals surface area contributed by atoms with Crippen LogP contribution in [0.4, 0.5) is 5.69 Å². The second kappa shape index (κ2) is 8.09. The minimum Gasteiger partial charge on any atom is -0.422 e. The summed E-state index contributed by atoms with van der Waals surface area (Å²) in [4.78, 5) is 34.8. The molecule has 0 spiro atoms. The second-order valence-corrected chi connectivity index (χ2v) is 8.56. The van der Waals surface area contributed by atoms with Crippen molar-refractivity contribution in [2.75, 3.05) is 12.3 Å². The molecule has 0 atom stereocenters. The molecule has 7 nitrogen and oxygen atoms in total. The summed E-state index contributed by atoms with van der Waals surface area (Å²) in [6.45, 7) is 1.22. The van der Waals surface area contributed by atoms with Gasteiger partial charge in [-0.2, -0.15) is 0 Å². The van der Waals surface area contributed by atoms with Crippen molar-refractivity contribution in [3.05, 3.63) is 90.1 Å². The molecule has 162 valence electrons. The van der Waals surface area contributed by atoms with Crippen molar-refractivity contribution >= 4 is 39.9 Å². The van der Waals surface area contributed by atoms with Gasteiger partial charge < -0.3 is 15.1 Å². The average Bonchev–Trinajstić information content (AvgIpc) is 2.78. The monoisotopic (exact) mass is 468 g/mol. The number of nitrogens with two attached hydrogens (primary N) is 1.